The lowest BCUT2D eigenvalue weighted by molar-refractivity contribution is 0.0939. The molecule has 2 aromatic carbocycles. The number of carbonyl (C=O) groups is 1. The number of anilines is 1. The molecule has 1 aliphatic rings. The van der Waals surface area contributed by atoms with E-state index in [-0.39, 0.29) is 16.8 Å². The molecule has 1 aliphatic carbocycles. The van der Waals surface area contributed by atoms with E-state index in [1.54, 1.807) is 42.5 Å². The minimum atomic E-state index is -3.77. The van der Waals surface area contributed by atoms with Gasteiger partial charge in [-0.25, -0.2) is 8.42 Å². The number of sulfonamides is 1. The first kappa shape index (κ1) is 18.5. The summed E-state index contributed by atoms with van der Waals surface area (Å²) >= 11 is 0. The smallest absolute Gasteiger partial charge is 0.261 e. The Bertz CT molecular complexity index is 916. The molecule has 3 rings (SSSR count). The van der Waals surface area contributed by atoms with Gasteiger partial charge >= 0.3 is 0 Å². The highest BCUT2D eigenvalue weighted by atomic mass is 32.2. The third-order valence-electron chi connectivity index (χ3n) is 4.90. The molecule has 1 fully saturated rings. The van der Waals surface area contributed by atoms with Crippen LogP contribution in [0.15, 0.2) is 47.4 Å². The molecule has 0 atom stereocenters. The van der Waals surface area contributed by atoms with Crippen LogP contribution < -0.4 is 10.0 Å². The molecule has 1 saturated carbocycles. The quantitative estimate of drug-likeness (QED) is 0.839. The highest BCUT2D eigenvalue weighted by Gasteiger charge is 2.22. The van der Waals surface area contributed by atoms with Gasteiger partial charge < -0.3 is 5.32 Å². The molecule has 2 aromatic rings. The van der Waals surface area contributed by atoms with Gasteiger partial charge in [-0.05, 0) is 62.1 Å². The van der Waals surface area contributed by atoms with Crippen LogP contribution in [0.25, 0.3) is 0 Å². The minimum absolute atomic E-state index is 0.173. The van der Waals surface area contributed by atoms with Crippen molar-refractivity contribution in [3.63, 3.8) is 0 Å². The first-order chi connectivity index (χ1) is 12.4. The van der Waals surface area contributed by atoms with Gasteiger partial charge in [-0.2, -0.15) is 0 Å². The van der Waals surface area contributed by atoms with Gasteiger partial charge in [0.05, 0.1) is 16.1 Å². The van der Waals surface area contributed by atoms with Crippen molar-refractivity contribution in [1.82, 2.24) is 5.32 Å². The molecule has 0 heterocycles. The summed E-state index contributed by atoms with van der Waals surface area (Å²) in [4.78, 5) is 12.8. The molecule has 0 bridgehead atoms. The fraction of sp³-hybridized carbons (Fsp3) is 0.350. The summed E-state index contributed by atoms with van der Waals surface area (Å²) in [7, 11) is -3.77. The van der Waals surface area contributed by atoms with E-state index in [9.17, 15) is 13.2 Å². The van der Waals surface area contributed by atoms with Crippen molar-refractivity contribution in [3.8, 4) is 0 Å². The second-order valence-electron chi connectivity index (χ2n) is 6.85. The normalized spacial score (nSPS) is 15.0. The van der Waals surface area contributed by atoms with Gasteiger partial charge in [-0.1, -0.05) is 31.0 Å². The van der Waals surface area contributed by atoms with E-state index >= 15 is 0 Å². The summed E-state index contributed by atoms with van der Waals surface area (Å²) in [5.74, 6) is -0.240. The molecule has 5 nitrogen and oxygen atoms in total. The van der Waals surface area contributed by atoms with Crippen LogP contribution in [-0.4, -0.2) is 20.4 Å². The predicted octanol–water partition coefficient (Wildman–Crippen LogP) is 3.78. The summed E-state index contributed by atoms with van der Waals surface area (Å²) in [6.45, 7) is 3.80. The van der Waals surface area contributed by atoms with E-state index in [4.69, 9.17) is 0 Å². The number of hydrogen-bond donors (Lipinski definition) is 2. The predicted molar refractivity (Wildman–Crippen MR) is 103 cm³/mol. The summed E-state index contributed by atoms with van der Waals surface area (Å²) in [6, 6.07) is 11.9. The summed E-state index contributed by atoms with van der Waals surface area (Å²) in [5, 5.41) is 3.00. The molecule has 0 saturated heterocycles. The molecule has 2 N–H and O–H groups in total. The third kappa shape index (κ3) is 4.07. The fourth-order valence-electron chi connectivity index (χ4n) is 3.19. The van der Waals surface area contributed by atoms with Crippen LogP contribution in [0.5, 0.6) is 0 Å². The second-order valence-corrected chi connectivity index (χ2v) is 8.53. The van der Waals surface area contributed by atoms with Crippen LogP contribution in [0.4, 0.5) is 5.69 Å². The number of hydrogen-bond acceptors (Lipinski definition) is 3. The van der Waals surface area contributed by atoms with Crippen molar-refractivity contribution in [2.24, 2.45) is 0 Å². The van der Waals surface area contributed by atoms with Crippen LogP contribution in [0.1, 0.15) is 47.2 Å². The van der Waals surface area contributed by atoms with Gasteiger partial charge in [-0.15, -0.1) is 0 Å². The maximum absolute atomic E-state index is 12.7. The van der Waals surface area contributed by atoms with Crippen molar-refractivity contribution in [1.29, 1.82) is 0 Å². The number of nitrogens with one attached hydrogen (secondary N) is 2. The van der Waals surface area contributed by atoms with E-state index in [1.165, 1.54) is 0 Å². The summed E-state index contributed by atoms with van der Waals surface area (Å²) in [6.07, 6.45) is 4.18. The number of amides is 1. The summed E-state index contributed by atoms with van der Waals surface area (Å²) in [5.41, 5.74) is 2.56. The van der Waals surface area contributed by atoms with Crippen LogP contribution in [0.3, 0.4) is 0 Å². The molecular formula is C20H24N2O3S. The molecule has 0 unspecified atom stereocenters. The zero-order valence-corrected chi connectivity index (χ0v) is 15.9. The zero-order valence-electron chi connectivity index (χ0n) is 15.1. The first-order valence-electron chi connectivity index (χ1n) is 8.87. The lowest BCUT2D eigenvalue weighted by Gasteiger charge is -2.16. The third-order valence-corrected chi connectivity index (χ3v) is 6.26. The largest absolute Gasteiger partial charge is 0.349 e. The van der Waals surface area contributed by atoms with Gasteiger partial charge in [0.15, 0.2) is 0 Å². The number of benzene rings is 2. The van der Waals surface area contributed by atoms with Crippen molar-refractivity contribution in [2.45, 2.75) is 50.5 Å². The fourth-order valence-corrected chi connectivity index (χ4v) is 4.35. The lowest BCUT2D eigenvalue weighted by atomic mass is 10.1. The Balaban J connectivity index is 1.85. The Morgan fingerprint density at radius 3 is 2.38 bits per heavy atom. The van der Waals surface area contributed by atoms with Crippen molar-refractivity contribution < 1.29 is 13.2 Å². The molecule has 6 heteroatoms. The van der Waals surface area contributed by atoms with Gasteiger partial charge in [0.25, 0.3) is 15.9 Å². The monoisotopic (exact) mass is 372 g/mol. The van der Waals surface area contributed by atoms with Gasteiger partial charge in [-0.3, -0.25) is 9.52 Å². The second kappa shape index (κ2) is 7.50. The van der Waals surface area contributed by atoms with Crippen LogP contribution in [0.2, 0.25) is 0 Å². The highest BCUT2D eigenvalue weighted by molar-refractivity contribution is 7.92. The molecule has 0 aromatic heterocycles. The van der Waals surface area contributed by atoms with Crippen LogP contribution >= 0.6 is 0 Å². The lowest BCUT2D eigenvalue weighted by Crippen LogP contribution is -2.33. The Morgan fingerprint density at radius 1 is 1.00 bits per heavy atom. The molecule has 0 aliphatic heterocycles. The molecule has 26 heavy (non-hydrogen) atoms. The van der Waals surface area contributed by atoms with E-state index in [1.807, 2.05) is 13.8 Å². The van der Waals surface area contributed by atoms with Gasteiger partial charge in [0, 0.05) is 6.04 Å². The maximum Gasteiger partial charge on any atom is 0.261 e. The van der Waals surface area contributed by atoms with Crippen LogP contribution in [-0.2, 0) is 10.0 Å². The highest BCUT2D eigenvalue weighted by Crippen LogP contribution is 2.23. The Hall–Kier alpha value is -2.34. The number of rotatable bonds is 5. The minimum Gasteiger partial charge on any atom is -0.349 e. The van der Waals surface area contributed by atoms with Crippen molar-refractivity contribution >= 4 is 21.6 Å². The Labute approximate surface area is 154 Å². The van der Waals surface area contributed by atoms with E-state index in [0.29, 0.717) is 11.3 Å². The Morgan fingerprint density at radius 2 is 1.69 bits per heavy atom. The average Bonchev–Trinajstić information content (AvgIpc) is 3.10. The Kier molecular flexibility index (Phi) is 5.32. The summed E-state index contributed by atoms with van der Waals surface area (Å²) < 4.78 is 28.1. The topological polar surface area (TPSA) is 75.3 Å². The van der Waals surface area contributed by atoms with E-state index < -0.39 is 10.0 Å². The number of carbonyl (C=O) groups excluding carboxylic acids is 1. The first-order valence-corrected chi connectivity index (χ1v) is 10.3. The molecule has 138 valence electrons. The molecule has 0 spiro atoms. The standard InChI is InChI=1S/C20H24N2O3S/c1-14-11-12-17(13-15(14)2)26(24,25)22-19-10-6-5-9-18(19)20(23)21-16-7-3-4-8-16/h5-6,9-13,16,22H,3-4,7-8H2,1-2H3,(H,21,23). The average molecular weight is 372 g/mol. The molecular weight excluding hydrogens is 348 g/mol. The van der Waals surface area contributed by atoms with E-state index in [2.05, 4.69) is 10.0 Å². The SMILES string of the molecule is Cc1ccc(S(=O)(=O)Nc2ccccc2C(=O)NC2CCCC2)cc1C. The van der Waals surface area contributed by atoms with Crippen molar-refractivity contribution in [3.05, 3.63) is 59.2 Å². The van der Waals surface area contributed by atoms with Crippen molar-refractivity contribution in [2.75, 3.05) is 4.72 Å². The number of aryl methyl sites for hydroxylation is 2. The molecule has 1 amide bonds. The zero-order chi connectivity index (χ0) is 18.7. The van der Waals surface area contributed by atoms with Gasteiger partial charge in [0.2, 0.25) is 0 Å². The van der Waals surface area contributed by atoms with E-state index in [0.717, 1.165) is 36.8 Å². The van der Waals surface area contributed by atoms with Crippen LogP contribution in [0, 0.1) is 13.8 Å². The molecule has 0 radical (unpaired) electrons. The van der Waals surface area contributed by atoms with Gasteiger partial charge in [0.1, 0.15) is 0 Å². The number of para-hydroxylation sites is 1. The maximum atomic E-state index is 12.7.